The molecule has 1 aliphatic heterocycles. The number of carbonyl (C=O) groups excluding carboxylic acids is 3. The number of rotatable bonds is 12. The van der Waals surface area contributed by atoms with E-state index in [1.807, 2.05) is 13.8 Å². The van der Waals surface area contributed by atoms with Gasteiger partial charge in [0.2, 0.25) is 17.7 Å². The van der Waals surface area contributed by atoms with Gasteiger partial charge in [-0.05, 0) is 52.9 Å². The van der Waals surface area contributed by atoms with Gasteiger partial charge in [0, 0.05) is 12.5 Å². The van der Waals surface area contributed by atoms with Crippen LogP contribution in [0.2, 0.25) is 0 Å². The molecule has 6 N–H and O–H groups in total. The van der Waals surface area contributed by atoms with Crippen molar-refractivity contribution in [1.29, 1.82) is 0 Å². The second kappa shape index (κ2) is 12.7. The number of carboxylic acid groups (broad SMARTS) is 1. The molecule has 1 saturated heterocycles. The molecule has 1 fully saturated rings. The molecule has 0 aromatic heterocycles. The quantitative estimate of drug-likeness (QED) is 0.238. The number of aliphatic hydroxyl groups is 1. The fourth-order valence-electron chi connectivity index (χ4n) is 3.81. The lowest BCUT2D eigenvalue weighted by Crippen LogP contribution is -2.59. The molecule has 0 radical (unpaired) electrons. The summed E-state index contributed by atoms with van der Waals surface area (Å²) < 4.78 is 5.75. The third-order valence-electron chi connectivity index (χ3n) is 5.21. The third kappa shape index (κ3) is 10.4. The summed E-state index contributed by atoms with van der Waals surface area (Å²) in [6.45, 7) is 10.9. The third-order valence-corrected chi connectivity index (χ3v) is 5.21. The first kappa shape index (κ1) is 28.6. The number of aliphatic hydroxyl groups excluding tert-OH is 1. The standard InChI is InChI=1S/C22H40N4O7/c1-12(2)9-16(19(29)24-15(11-27)10-14-7-8-23-18(14)28)25-20(30)17(26-21(31)32)13(3)33-22(4,5)6/h12-17,26-27H,7-11H2,1-6H3,(H,23,28)(H,24,29)(H,25,30)(H,31,32)/t13?,14-,15?,16?,17?/m0/s1. The molecule has 0 aromatic carbocycles. The molecule has 33 heavy (non-hydrogen) atoms. The Hall–Kier alpha value is -2.40. The van der Waals surface area contributed by atoms with E-state index in [0.717, 1.165) is 0 Å². The summed E-state index contributed by atoms with van der Waals surface area (Å²) in [5.41, 5.74) is -0.617. The molecule has 4 amide bonds. The van der Waals surface area contributed by atoms with Gasteiger partial charge >= 0.3 is 6.09 Å². The lowest BCUT2D eigenvalue weighted by atomic mass is 9.97. The monoisotopic (exact) mass is 472 g/mol. The Bertz CT molecular complexity index is 693. The van der Waals surface area contributed by atoms with Crippen molar-refractivity contribution < 1.29 is 34.1 Å². The van der Waals surface area contributed by atoms with Crippen LogP contribution in [-0.2, 0) is 19.1 Å². The van der Waals surface area contributed by atoms with Gasteiger partial charge in [-0.1, -0.05) is 13.8 Å². The minimum atomic E-state index is -1.39. The lowest BCUT2D eigenvalue weighted by Gasteiger charge is -2.31. The van der Waals surface area contributed by atoms with Crippen molar-refractivity contribution in [2.24, 2.45) is 11.8 Å². The summed E-state index contributed by atoms with van der Waals surface area (Å²) in [5, 5.41) is 29.1. The Balaban J connectivity index is 2.92. The summed E-state index contributed by atoms with van der Waals surface area (Å²) in [6, 6.07) is -2.84. The van der Waals surface area contributed by atoms with Gasteiger partial charge in [0.1, 0.15) is 12.1 Å². The number of ether oxygens (including phenoxy) is 1. The number of hydrogen-bond donors (Lipinski definition) is 6. The number of hydrogen-bond acceptors (Lipinski definition) is 6. The van der Waals surface area contributed by atoms with Crippen molar-refractivity contribution in [3.63, 3.8) is 0 Å². The van der Waals surface area contributed by atoms with Gasteiger partial charge in [-0.15, -0.1) is 0 Å². The minimum absolute atomic E-state index is 0.0448. The molecule has 4 unspecified atom stereocenters. The first-order chi connectivity index (χ1) is 15.2. The van der Waals surface area contributed by atoms with Crippen LogP contribution < -0.4 is 21.3 Å². The predicted octanol–water partition coefficient (Wildman–Crippen LogP) is 0.360. The first-order valence-corrected chi connectivity index (χ1v) is 11.4. The largest absolute Gasteiger partial charge is 0.465 e. The number of nitrogens with one attached hydrogen (secondary N) is 4. The summed E-state index contributed by atoms with van der Waals surface area (Å²) in [5.74, 6) is -1.55. The maximum Gasteiger partial charge on any atom is 0.405 e. The average molecular weight is 473 g/mol. The number of amides is 4. The molecular weight excluding hydrogens is 432 g/mol. The summed E-state index contributed by atoms with van der Waals surface area (Å²) in [4.78, 5) is 49.1. The zero-order chi connectivity index (χ0) is 25.3. The van der Waals surface area contributed by atoms with E-state index in [4.69, 9.17) is 4.74 Å². The van der Waals surface area contributed by atoms with Crippen LogP contribution >= 0.6 is 0 Å². The second-order valence-corrected chi connectivity index (χ2v) is 9.95. The second-order valence-electron chi connectivity index (χ2n) is 9.95. The molecule has 1 rings (SSSR count). The van der Waals surface area contributed by atoms with Gasteiger partial charge in [-0.3, -0.25) is 14.4 Å². The first-order valence-electron chi connectivity index (χ1n) is 11.4. The van der Waals surface area contributed by atoms with Crippen molar-refractivity contribution in [3.8, 4) is 0 Å². The molecule has 5 atom stereocenters. The van der Waals surface area contributed by atoms with Gasteiger partial charge < -0.3 is 36.2 Å². The maximum atomic E-state index is 13.0. The molecule has 0 aliphatic carbocycles. The normalized spacial score (nSPS) is 19.9. The van der Waals surface area contributed by atoms with E-state index < -0.39 is 47.7 Å². The Labute approximate surface area is 195 Å². The van der Waals surface area contributed by atoms with E-state index in [9.17, 15) is 29.4 Å². The average Bonchev–Trinajstić information content (AvgIpc) is 3.07. The Morgan fingerprint density at radius 1 is 1.12 bits per heavy atom. The summed E-state index contributed by atoms with van der Waals surface area (Å²) in [7, 11) is 0. The molecular formula is C22H40N4O7. The molecule has 1 heterocycles. The highest BCUT2D eigenvalue weighted by molar-refractivity contribution is 5.91. The van der Waals surface area contributed by atoms with Crippen molar-refractivity contribution in [2.45, 2.75) is 90.6 Å². The summed E-state index contributed by atoms with van der Waals surface area (Å²) in [6.07, 6.45) is -0.968. The zero-order valence-corrected chi connectivity index (χ0v) is 20.4. The molecule has 0 spiro atoms. The molecule has 11 nitrogen and oxygen atoms in total. The van der Waals surface area contributed by atoms with E-state index in [1.165, 1.54) is 0 Å². The van der Waals surface area contributed by atoms with E-state index in [2.05, 4.69) is 21.3 Å². The lowest BCUT2D eigenvalue weighted by molar-refractivity contribution is -0.135. The van der Waals surface area contributed by atoms with E-state index in [-0.39, 0.29) is 30.8 Å². The van der Waals surface area contributed by atoms with Crippen molar-refractivity contribution in [1.82, 2.24) is 21.3 Å². The molecule has 0 aromatic rings. The van der Waals surface area contributed by atoms with Gasteiger partial charge in [-0.25, -0.2) is 4.79 Å². The SMILES string of the molecule is CC(C)CC(NC(=O)C(NC(=O)O)C(C)OC(C)(C)C)C(=O)NC(CO)C[C@@H]1CCNC1=O. The molecule has 0 bridgehead atoms. The van der Waals surface area contributed by atoms with Crippen LogP contribution in [0, 0.1) is 11.8 Å². The van der Waals surface area contributed by atoms with Crippen molar-refractivity contribution in [3.05, 3.63) is 0 Å². The van der Waals surface area contributed by atoms with Crippen LogP contribution in [0.3, 0.4) is 0 Å². The molecule has 0 saturated carbocycles. The highest BCUT2D eigenvalue weighted by Crippen LogP contribution is 2.17. The Morgan fingerprint density at radius 2 is 1.76 bits per heavy atom. The number of carbonyl (C=O) groups is 4. The van der Waals surface area contributed by atoms with Crippen molar-refractivity contribution >= 4 is 23.8 Å². The fraction of sp³-hybridized carbons (Fsp3) is 0.818. The van der Waals surface area contributed by atoms with Crippen LogP contribution in [0.5, 0.6) is 0 Å². The fourth-order valence-corrected chi connectivity index (χ4v) is 3.81. The molecule has 190 valence electrons. The van der Waals surface area contributed by atoms with Gasteiger partial charge in [0.25, 0.3) is 0 Å². The predicted molar refractivity (Wildman–Crippen MR) is 121 cm³/mol. The minimum Gasteiger partial charge on any atom is -0.465 e. The van der Waals surface area contributed by atoms with Crippen LogP contribution in [0.1, 0.15) is 60.8 Å². The van der Waals surface area contributed by atoms with Crippen LogP contribution in [-0.4, -0.2) is 77.0 Å². The molecule has 1 aliphatic rings. The Morgan fingerprint density at radius 3 is 2.21 bits per heavy atom. The van der Waals surface area contributed by atoms with Gasteiger partial charge in [-0.2, -0.15) is 0 Å². The maximum absolute atomic E-state index is 13.0. The highest BCUT2D eigenvalue weighted by atomic mass is 16.5. The van der Waals surface area contributed by atoms with E-state index in [0.29, 0.717) is 19.4 Å². The smallest absolute Gasteiger partial charge is 0.405 e. The van der Waals surface area contributed by atoms with Gasteiger partial charge in [0.05, 0.1) is 24.4 Å². The van der Waals surface area contributed by atoms with Gasteiger partial charge in [0.15, 0.2) is 0 Å². The topological polar surface area (TPSA) is 166 Å². The van der Waals surface area contributed by atoms with E-state index >= 15 is 0 Å². The van der Waals surface area contributed by atoms with Crippen molar-refractivity contribution in [2.75, 3.05) is 13.2 Å². The van der Waals surface area contributed by atoms with Crippen LogP contribution in [0.15, 0.2) is 0 Å². The highest BCUT2D eigenvalue weighted by Gasteiger charge is 2.34. The van der Waals surface area contributed by atoms with Crippen LogP contribution in [0.25, 0.3) is 0 Å². The van der Waals surface area contributed by atoms with E-state index in [1.54, 1.807) is 27.7 Å². The molecule has 11 heteroatoms. The Kier molecular flexibility index (Phi) is 11.1. The zero-order valence-electron chi connectivity index (χ0n) is 20.4. The van der Waals surface area contributed by atoms with Crippen LogP contribution in [0.4, 0.5) is 4.79 Å². The summed E-state index contributed by atoms with van der Waals surface area (Å²) >= 11 is 0.